The molecule has 34 heavy (non-hydrogen) atoms. The molecule has 2 aromatic rings. The third kappa shape index (κ3) is 8.12. The average Bonchev–Trinajstić information content (AvgIpc) is 2.89. The summed E-state index contributed by atoms with van der Waals surface area (Å²) in [5, 5.41) is 9.86. The second-order valence-corrected chi connectivity index (χ2v) is 10.2. The van der Waals surface area contributed by atoms with E-state index in [1.54, 1.807) is 0 Å². The first-order chi connectivity index (χ1) is 16.7. The van der Waals surface area contributed by atoms with Crippen molar-refractivity contribution in [2.45, 2.75) is 104 Å². The molecule has 1 saturated carbocycles. The van der Waals surface area contributed by atoms with Crippen LogP contribution in [0.5, 0.6) is 5.75 Å². The summed E-state index contributed by atoms with van der Waals surface area (Å²) in [5.41, 5.74) is 2.13. The fraction of sp³-hybridized carbons (Fsp3) is 0.633. The Balaban J connectivity index is 1.40. The van der Waals surface area contributed by atoms with E-state index in [1.807, 2.05) is 36.7 Å². The lowest BCUT2D eigenvalue weighted by Gasteiger charge is -2.35. The zero-order valence-corrected chi connectivity index (χ0v) is 21.4. The van der Waals surface area contributed by atoms with E-state index in [9.17, 15) is 5.26 Å². The van der Waals surface area contributed by atoms with Gasteiger partial charge < -0.3 is 4.74 Å². The summed E-state index contributed by atoms with van der Waals surface area (Å²) in [7, 11) is 0. The molecule has 1 aromatic heterocycles. The third-order valence-electron chi connectivity index (χ3n) is 7.43. The highest BCUT2D eigenvalue weighted by atomic mass is 16.5. The fourth-order valence-corrected chi connectivity index (χ4v) is 4.99. The first-order valence-corrected chi connectivity index (χ1v) is 13.6. The van der Waals surface area contributed by atoms with Crippen LogP contribution in [0.2, 0.25) is 0 Å². The predicted octanol–water partition coefficient (Wildman–Crippen LogP) is 8.32. The van der Waals surface area contributed by atoms with E-state index in [0.717, 1.165) is 62.3 Å². The highest BCUT2D eigenvalue weighted by Crippen LogP contribution is 2.42. The minimum atomic E-state index is -0.0883. The lowest BCUT2D eigenvalue weighted by Crippen LogP contribution is -2.28. The maximum absolute atomic E-state index is 9.86. The van der Waals surface area contributed by atoms with Crippen LogP contribution in [0.15, 0.2) is 36.7 Å². The normalized spacial score (nSPS) is 20.1. The standard InChI is InChI=1S/C30H43N3O/c1-3-5-7-8-9-10-18-30(24-31)19-16-25(17-20-30)23-34-28-14-12-27(13-15-28)29-32-21-26(22-33-29)11-6-4-2/h12-15,21-22,25H,3-11,16-20,23H2,1-2H3. The van der Waals surface area contributed by atoms with E-state index in [1.165, 1.54) is 56.9 Å². The topological polar surface area (TPSA) is 58.8 Å². The molecule has 184 valence electrons. The Morgan fingerprint density at radius 3 is 2.21 bits per heavy atom. The van der Waals surface area contributed by atoms with Gasteiger partial charge in [0.25, 0.3) is 0 Å². The molecule has 1 heterocycles. The van der Waals surface area contributed by atoms with Gasteiger partial charge in [0.05, 0.1) is 18.1 Å². The van der Waals surface area contributed by atoms with E-state index in [-0.39, 0.29) is 5.41 Å². The van der Waals surface area contributed by atoms with Crippen LogP contribution in [-0.4, -0.2) is 16.6 Å². The highest BCUT2D eigenvalue weighted by molar-refractivity contribution is 5.55. The van der Waals surface area contributed by atoms with Crippen LogP contribution >= 0.6 is 0 Å². The lowest BCUT2D eigenvalue weighted by molar-refractivity contribution is 0.144. The Kier molecular flexibility index (Phi) is 10.9. The van der Waals surface area contributed by atoms with Gasteiger partial charge >= 0.3 is 0 Å². The molecule has 1 aliphatic rings. The first kappa shape index (κ1) is 26.2. The Bertz CT molecular complexity index is 861. The van der Waals surface area contributed by atoms with Gasteiger partial charge in [-0.25, -0.2) is 9.97 Å². The Morgan fingerprint density at radius 1 is 0.912 bits per heavy atom. The van der Waals surface area contributed by atoms with Gasteiger partial charge in [0.2, 0.25) is 0 Å². The second kappa shape index (κ2) is 14.1. The summed E-state index contributed by atoms with van der Waals surface area (Å²) in [6.07, 6.45) is 20.4. The maximum atomic E-state index is 9.86. The van der Waals surface area contributed by atoms with Crippen LogP contribution in [0.25, 0.3) is 11.4 Å². The quantitative estimate of drug-likeness (QED) is 0.265. The number of hydrogen-bond acceptors (Lipinski definition) is 4. The Hall–Kier alpha value is -2.41. The minimum Gasteiger partial charge on any atom is -0.493 e. The summed E-state index contributed by atoms with van der Waals surface area (Å²) >= 11 is 0. The number of nitrogens with zero attached hydrogens (tertiary/aromatic N) is 3. The molecular weight excluding hydrogens is 418 g/mol. The molecule has 4 nitrogen and oxygen atoms in total. The maximum Gasteiger partial charge on any atom is 0.159 e. The molecule has 0 bridgehead atoms. The SMILES string of the molecule is CCCCCCCCC1(C#N)CCC(COc2ccc(-c3ncc(CCCC)cn3)cc2)CC1. The van der Waals surface area contributed by atoms with E-state index in [2.05, 4.69) is 29.9 Å². The molecule has 0 amide bonds. The van der Waals surface area contributed by atoms with Gasteiger partial charge in [-0.3, -0.25) is 0 Å². The van der Waals surface area contributed by atoms with Crippen molar-refractivity contribution in [3.05, 3.63) is 42.2 Å². The van der Waals surface area contributed by atoms with Crippen LogP contribution in [0.1, 0.15) is 103 Å². The molecule has 3 rings (SSSR count). The van der Waals surface area contributed by atoms with Crippen molar-refractivity contribution in [1.82, 2.24) is 9.97 Å². The van der Waals surface area contributed by atoms with Crippen LogP contribution < -0.4 is 4.74 Å². The molecule has 0 aliphatic heterocycles. The van der Waals surface area contributed by atoms with Gasteiger partial charge in [-0.2, -0.15) is 5.26 Å². The Labute approximate surface area is 207 Å². The molecule has 0 saturated heterocycles. The van der Waals surface area contributed by atoms with Crippen molar-refractivity contribution >= 4 is 0 Å². The molecule has 1 aliphatic carbocycles. The van der Waals surface area contributed by atoms with Crippen molar-refractivity contribution in [2.75, 3.05) is 6.61 Å². The predicted molar refractivity (Wildman–Crippen MR) is 140 cm³/mol. The Morgan fingerprint density at radius 2 is 1.56 bits per heavy atom. The molecular formula is C30H43N3O. The van der Waals surface area contributed by atoms with Crippen molar-refractivity contribution in [3.8, 4) is 23.2 Å². The molecule has 0 radical (unpaired) electrons. The third-order valence-corrected chi connectivity index (χ3v) is 7.43. The summed E-state index contributed by atoms with van der Waals surface area (Å²) in [4.78, 5) is 9.07. The first-order valence-electron chi connectivity index (χ1n) is 13.6. The largest absolute Gasteiger partial charge is 0.493 e. The van der Waals surface area contributed by atoms with Gasteiger partial charge in [-0.1, -0.05) is 58.8 Å². The van der Waals surface area contributed by atoms with E-state index in [0.29, 0.717) is 5.92 Å². The molecule has 1 aromatic carbocycles. The molecule has 0 N–H and O–H groups in total. The van der Waals surface area contributed by atoms with Gasteiger partial charge in [0.15, 0.2) is 5.82 Å². The van der Waals surface area contributed by atoms with Crippen LogP contribution in [-0.2, 0) is 6.42 Å². The molecule has 1 fully saturated rings. The summed E-state index contributed by atoms with van der Waals surface area (Å²) in [6.45, 7) is 5.19. The summed E-state index contributed by atoms with van der Waals surface area (Å²) < 4.78 is 6.11. The van der Waals surface area contributed by atoms with Gasteiger partial charge in [0, 0.05) is 18.0 Å². The van der Waals surface area contributed by atoms with Crippen molar-refractivity contribution in [2.24, 2.45) is 11.3 Å². The van der Waals surface area contributed by atoms with Crippen LogP contribution in [0.3, 0.4) is 0 Å². The zero-order valence-electron chi connectivity index (χ0n) is 21.4. The highest BCUT2D eigenvalue weighted by Gasteiger charge is 2.35. The zero-order chi connectivity index (χ0) is 24.1. The number of nitriles is 1. The van der Waals surface area contributed by atoms with Crippen molar-refractivity contribution in [3.63, 3.8) is 0 Å². The minimum absolute atomic E-state index is 0.0883. The van der Waals surface area contributed by atoms with Gasteiger partial charge in [-0.05, 0) is 80.7 Å². The number of hydrogen-bond donors (Lipinski definition) is 0. The van der Waals surface area contributed by atoms with Gasteiger partial charge in [-0.15, -0.1) is 0 Å². The van der Waals surface area contributed by atoms with Crippen LogP contribution in [0, 0.1) is 22.7 Å². The average molecular weight is 462 g/mol. The van der Waals surface area contributed by atoms with Crippen molar-refractivity contribution < 1.29 is 4.74 Å². The van der Waals surface area contributed by atoms with E-state index < -0.39 is 0 Å². The number of aryl methyl sites for hydroxylation is 1. The summed E-state index contributed by atoms with van der Waals surface area (Å²) in [6, 6.07) is 10.8. The van der Waals surface area contributed by atoms with Crippen LogP contribution in [0.4, 0.5) is 0 Å². The van der Waals surface area contributed by atoms with E-state index in [4.69, 9.17) is 4.74 Å². The number of benzene rings is 1. The number of aromatic nitrogens is 2. The molecule has 4 heteroatoms. The molecule has 0 spiro atoms. The second-order valence-electron chi connectivity index (χ2n) is 10.2. The monoisotopic (exact) mass is 461 g/mol. The lowest BCUT2D eigenvalue weighted by atomic mass is 9.69. The number of rotatable bonds is 14. The van der Waals surface area contributed by atoms with Crippen molar-refractivity contribution in [1.29, 1.82) is 5.26 Å². The smallest absolute Gasteiger partial charge is 0.159 e. The molecule has 0 unspecified atom stereocenters. The van der Waals surface area contributed by atoms with Gasteiger partial charge in [0.1, 0.15) is 5.75 Å². The number of unbranched alkanes of at least 4 members (excludes halogenated alkanes) is 6. The number of ether oxygens (including phenoxy) is 1. The molecule has 0 atom stereocenters. The van der Waals surface area contributed by atoms with E-state index >= 15 is 0 Å². The summed E-state index contributed by atoms with van der Waals surface area (Å²) in [5.74, 6) is 2.20. The fourth-order valence-electron chi connectivity index (χ4n) is 4.99.